The first-order chi connectivity index (χ1) is 15.3. The molecule has 0 unspecified atom stereocenters. The molecule has 0 radical (unpaired) electrons. The van der Waals surface area contributed by atoms with Crippen LogP contribution >= 0.6 is 11.6 Å². The summed E-state index contributed by atoms with van der Waals surface area (Å²) in [4.78, 5) is 12.5. The number of hydrazone groups is 1. The van der Waals surface area contributed by atoms with Gasteiger partial charge in [-0.2, -0.15) is 9.41 Å². The van der Waals surface area contributed by atoms with Gasteiger partial charge in [0, 0.05) is 17.1 Å². The van der Waals surface area contributed by atoms with Gasteiger partial charge in [0.25, 0.3) is 5.91 Å². The maximum Gasteiger partial charge on any atom is 0.255 e. The van der Waals surface area contributed by atoms with Crippen molar-refractivity contribution in [3.8, 4) is 5.75 Å². The molecule has 2 N–H and O–H groups in total. The number of carbonyl (C=O) groups is 1. The van der Waals surface area contributed by atoms with Crippen LogP contribution in [0.5, 0.6) is 5.75 Å². The van der Waals surface area contributed by atoms with E-state index in [1.807, 2.05) is 25.1 Å². The van der Waals surface area contributed by atoms with Crippen LogP contribution in [0.1, 0.15) is 16.7 Å². The molecule has 166 valence electrons. The number of nitrogens with one attached hydrogen (secondary N) is 1. The van der Waals surface area contributed by atoms with E-state index in [9.17, 15) is 18.3 Å². The lowest BCUT2D eigenvalue weighted by atomic mass is 10.1. The van der Waals surface area contributed by atoms with E-state index in [0.29, 0.717) is 10.6 Å². The number of phenols is 1. The van der Waals surface area contributed by atoms with Crippen molar-refractivity contribution in [2.75, 3.05) is 6.54 Å². The summed E-state index contributed by atoms with van der Waals surface area (Å²) < 4.78 is 27.6. The Kier molecular flexibility index (Phi) is 7.63. The summed E-state index contributed by atoms with van der Waals surface area (Å²) in [5.74, 6) is -0.612. The predicted octanol–water partition coefficient (Wildman–Crippen LogP) is 3.70. The number of phenolic OH excluding ortho intramolecular Hbond substituents is 1. The highest BCUT2D eigenvalue weighted by molar-refractivity contribution is 7.89. The Balaban J connectivity index is 1.81. The number of hydrogen-bond donors (Lipinski definition) is 2. The number of hydrogen-bond acceptors (Lipinski definition) is 5. The average molecular weight is 472 g/mol. The van der Waals surface area contributed by atoms with Gasteiger partial charge in [0.1, 0.15) is 5.75 Å². The second-order valence-corrected chi connectivity index (χ2v) is 9.44. The molecule has 7 nitrogen and oxygen atoms in total. The number of nitrogens with zero attached hydrogens (tertiary/aromatic N) is 2. The Morgan fingerprint density at radius 3 is 2.50 bits per heavy atom. The van der Waals surface area contributed by atoms with Gasteiger partial charge in [-0.05, 0) is 48.9 Å². The number of rotatable bonds is 8. The van der Waals surface area contributed by atoms with Crippen molar-refractivity contribution in [3.63, 3.8) is 0 Å². The third kappa shape index (κ3) is 6.16. The molecule has 0 heterocycles. The van der Waals surface area contributed by atoms with Crippen molar-refractivity contribution in [1.29, 1.82) is 0 Å². The zero-order chi connectivity index (χ0) is 23.1. The van der Waals surface area contributed by atoms with Gasteiger partial charge in [-0.3, -0.25) is 4.79 Å². The highest BCUT2D eigenvalue weighted by atomic mass is 35.5. The molecule has 3 aromatic rings. The van der Waals surface area contributed by atoms with Crippen LogP contribution in [0.4, 0.5) is 0 Å². The van der Waals surface area contributed by atoms with Gasteiger partial charge in [0.15, 0.2) is 0 Å². The normalized spacial score (nSPS) is 11.7. The van der Waals surface area contributed by atoms with Crippen molar-refractivity contribution >= 4 is 33.7 Å². The molecule has 0 saturated heterocycles. The van der Waals surface area contributed by atoms with Crippen molar-refractivity contribution in [2.45, 2.75) is 18.4 Å². The Bertz CT molecular complexity index is 1230. The molecular weight excluding hydrogens is 450 g/mol. The topological polar surface area (TPSA) is 99.1 Å². The third-order valence-corrected chi connectivity index (χ3v) is 6.60. The second-order valence-electron chi connectivity index (χ2n) is 7.07. The highest BCUT2D eigenvalue weighted by Crippen LogP contribution is 2.21. The quantitative estimate of drug-likeness (QED) is 0.386. The maximum atomic E-state index is 13.2. The molecule has 0 aliphatic rings. The molecule has 0 spiro atoms. The molecule has 0 aromatic heterocycles. The number of halogens is 1. The largest absolute Gasteiger partial charge is 0.507 e. The standard InChI is InChI=1S/C23H22ClN3O4S/c1-17-5-4-6-18(13-17)15-27(32(30,31)21-11-9-20(24)10-12-21)16-23(29)26-25-14-19-7-2-3-8-22(19)28/h2-14,28H,15-16H2,1H3,(H,26,29)/b25-14-. The minimum Gasteiger partial charge on any atom is -0.507 e. The molecule has 0 saturated carbocycles. The summed E-state index contributed by atoms with van der Waals surface area (Å²) in [6, 6.07) is 19.6. The third-order valence-electron chi connectivity index (χ3n) is 4.54. The molecule has 3 rings (SSSR count). The summed E-state index contributed by atoms with van der Waals surface area (Å²) in [6.07, 6.45) is 1.28. The van der Waals surface area contributed by atoms with E-state index < -0.39 is 22.5 Å². The molecule has 0 atom stereocenters. The van der Waals surface area contributed by atoms with Gasteiger partial charge in [-0.15, -0.1) is 0 Å². The van der Waals surface area contributed by atoms with E-state index in [-0.39, 0.29) is 17.2 Å². The highest BCUT2D eigenvalue weighted by Gasteiger charge is 2.27. The lowest BCUT2D eigenvalue weighted by Gasteiger charge is -2.21. The summed E-state index contributed by atoms with van der Waals surface area (Å²) in [5, 5.41) is 14.0. The van der Waals surface area contributed by atoms with Gasteiger partial charge >= 0.3 is 0 Å². The van der Waals surface area contributed by atoms with E-state index in [1.165, 1.54) is 36.5 Å². The van der Waals surface area contributed by atoms with E-state index >= 15 is 0 Å². The molecule has 1 amide bonds. The summed E-state index contributed by atoms with van der Waals surface area (Å²) in [6.45, 7) is 1.46. The van der Waals surface area contributed by atoms with E-state index in [2.05, 4.69) is 10.5 Å². The van der Waals surface area contributed by atoms with Gasteiger partial charge in [0.05, 0.1) is 17.7 Å². The predicted molar refractivity (Wildman–Crippen MR) is 124 cm³/mol. The van der Waals surface area contributed by atoms with Crippen LogP contribution in [0.25, 0.3) is 0 Å². The number of aryl methyl sites for hydroxylation is 1. The van der Waals surface area contributed by atoms with Crippen LogP contribution in [-0.2, 0) is 21.4 Å². The Morgan fingerprint density at radius 2 is 1.81 bits per heavy atom. The summed E-state index contributed by atoms with van der Waals surface area (Å²) in [5.41, 5.74) is 4.44. The first-order valence-corrected chi connectivity index (χ1v) is 11.5. The number of para-hydroxylation sites is 1. The molecule has 32 heavy (non-hydrogen) atoms. The number of carbonyl (C=O) groups excluding carboxylic acids is 1. The fraction of sp³-hybridized carbons (Fsp3) is 0.130. The number of benzene rings is 3. The molecule has 0 fully saturated rings. The van der Waals surface area contributed by atoms with Gasteiger partial charge in [-0.1, -0.05) is 53.6 Å². The Morgan fingerprint density at radius 1 is 1.09 bits per heavy atom. The SMILES string of the molecule is Cc1cccc(CN(CC(=O)N/N=C\c2ccccc2O)S(=O)(=O)c2ccc(Cl)cc2)c1. The smallest absolute Gasteiger partial charge is 0.255 e. The fourth-order valence-corrected chi connectivity index (χ4v) is 4.47. The Hall–Kier alpha value is -3.20. The fourth-order valence-electron chi connectivity index (χ4n) is 2.96. The van der Waals surface area contributed by atoms with Crippen LogP contribution in [0, 0.1) is 6.92 Å². The van der Waals surface area contributed by atoms with Crippen molar-refractivity contribution in [2.24, 2.45) is 5.10 Å². The number of sulfonamides is 1. The summed E-state index contributed by atoms with van der Waals surface area (Å²) >= 11 is 5.89. The molecular formula is C23H22ClN3O4S. The molecule has 3 aromatic carbocycles. The lowest BCUT2D eigenvalue weighted by molar-refractivity contribution is -0.121. The van der Waals surface area contributed by atoms with Gasteiger partial charge in [-0.25, -0.2) is 13.8 Å². The number of amides is 1. The van der Waals surface area contributed by atoms with Gasteiger partial charge in [0.2, 0.25) is 10.0 Å². The molecule has 0 bridgehead atoms. The van der Waals surface area contributed by atoms with Crippen LogP contribution in [-0.4, -0.2) is 36.5 Å². The molecule has 0 aliphatic heterocycles. The van der Waals surface area contributed by atoms with Crippen molar-refractivity contribution < 1.29 is 18.3 Å². The van der Waals surface area contributed by atoms with Gasteiger partial charge < -0.3 is 5.11 Å². The first-order valence-electron chi connectivity index (χ1n) is 9.67. The molecule has 0 aliphatic carbocycles. The van der Waals surface area contributed by atoms with Crippen LogP contribution in [0.3, 0.4) is 0 Å². The first kappa shape index (κ1) is 23.5. The zero-order valence-electron chi connectivity index (χ0n) is 17.3. The van der Waals surface area contributed by atoms with Crippen molar-refractivity contribution in [3.05, 3.63) is 94.5 Å². The summed E-state index contributed by atoms with van der Waals surface area (Å²) in [7, 11) is -3.99. The lowest BCUT2D eigenvalue weighted by Crippen LogP contribution is -2.39. The number of aromatic hydroxyl groups is 1. The van der Waals surface area contributed by atoms with E-state index in [0.717, 1.165) is 15.4 Å². The van der Waals surface area contributed by atoms with Crippen LogP contribution in [0.2, 0.25) is 5.02 Å². The van der Waals surface area contributed by atoms with Crippen LogP contribution < -0.4 is 5.43 Å². The van der Waals surface area contributed by atoms with Crippen molar-refractivity contribution in [1.82, 2.24) is 9.73 Å². The second kappa shape index (κ2) is 10.4. The Labute approximate surface area is 192 Å². The minimum absolute atomic E-state index is 0.00322. The maximum absolute atomic E-state index is 13.2. The average Bonchev–Trinajstić information content (AvgIpc) is 2.75. The minimum atomic E-state index is -3.99. The molecule has 9 heteroatoms. The zero-order valence-corrected chi connectivity index (χ0v) is 18.8. The monoisotopic (exact) mass is 471 g/mol. The van der Waals surface area contributed by atoms with Crippen LogP contribution in [0.15, 0.2) is 82.8 Å². The van der Waals surface area contributed by atoms with E-state index in [4.69, 9.17) is 11.6 Å². The van der Waals surface area contributed by atoms with E-state index in [1.54, 1.807) is 24.3 Å².